The minimum Gasteiger partial charge on any atom is -0.394 e. The molecule has 2 aliphatic rings. The molecule has 23 heavy (non-hydrogen) atoms. The van der Waals surface area contributed by atoms with Gasteiger partial charge < -0.3 is 55.1 Å². The van der Waals surface area contributed by atoms with E-state index in [1.54, 1.807) is 0 Å². The molecule has 2 aliphatic heterocycles. The molecule has 0 aliphatic carbocycles. The van der Waals surface area contributed by atoms with Crippen molar-refractivity contribution in [1.29, 1.82) is 0 Å². The average Bonchev–Trinajstić information content (AvgIpc) is 2.55. The highest BCUT2D eigenvalue weighted by atomic mass is 16.7. The topological polar surface area (TPSA) is 190 Å². The molecule has 2 saturated heterocycles. The van der Waals surface area contributed by atoms with Gasteiger partial charge in [-0.1, -0.05) is 0 Å². The van der Waals surface area contributed by atoms with E-state index in [0.717, 1.165) is 0 Å². The number of hydrogen-bond donors (Lipinski definition) is 8. The quantitative estimate of drug-likeness (QED) is 0.243. The van der Waals surface area contributed by atoms with Crippen molar-refractivity contribution in [3.05, 3.63) is 0 Å². The van der Waals surface area contributed by atoms with Crippen LogP contribution in [0.2, 0.25) is 0 Å². The summed E-state index contributed by atoms with van der Waals surface area (Å²) in [6.07, 6.45) is -15.6. The highest BCUT2D eigenvalue weighted by Crippen LogP contribution is 2.28. The molecule has 11 nitrogen and oxygen atoms in total. The van der Waals surface area contributed by atoms with Crippen molar-refractivity contribution in [2.45, 2.75) is 61.4 Å². The zero-order valence-electron chi connectivity index (χ0n) is 12.0. The van der Waals surface area contributed by atoms with Crippen LogP contribution in [-0.2, 0) is 14.2 Å². The molecule has 11 heteroatoms. The van der Waals surface area contributed by atoms with Gasteiger partial charge in [0, 0.05) is 0 Å². The summed E-state index contributed by atoms with van der Waals surface area (Å²) in [6, 6.07) is 0. The van der Waals surface area contributed by atoms with Crippen LogP contribution < -0.4 is 0 Å². The van der Waals surface area contributed by atoms with Crippen molar-refractivity contribution >= 4 is 0 Å². The molecule has 2 rings (SSSR count). The first-order valence-corrected chi connectivity index (χ1v) is 7.08. The van der Waals surface area contributed by atoms with Crippen molar-refractivity contribution in [1.82, 2.24) is 0 Å². The molecule has 0 aromatic heterocycles. The Hall–Kier alpha value is -0.440. The fourth-order valence-electron chi connectivity index (χ4n) is 2.57. The van der Waals surface area contributed by atoms with Gasteiger partial charge in [0.05, 0.1) is 13.2 Å². The van der Waals surface area contributed by atoms with Gasteiger partial charge in [0.25, 0.3) is 0 Å². The molecule has 0 unspecified atom stereocenters. The maximum Gasteiger partial charge on any atom is 0.187 e. The molecule has 2 fully saturated rings. The van der Waals surface area contributed by atoms with Crippen molar-refractivity contribution in [3.8, 4) is 0 Å². The van der Waals surface area contributed by atoms with Gasteiger partial charge in [-0.2, -0.15) is 0 Å². The van der Waals surface area contributed by atoms with Crippen LogP contribution in [0, 0.1) is 0 Å². The second kappa shape index (κ2) is 7.63. The van der Waals surface area contributed by atoms with Crippen LogP contribution in [0.15, 0.2) is 0 Å². The van der Waals surface area contributed by atoms with Crippen LogP contribution in [0.4, 0.5) is 0 Å². The molecule has 0 aromatic carbocycles. The molecule has 8 N–H and O–H groups in total. The first-order chi connectivity index (χ1) is 10.8. The molecule has 0 bridgehead atoms. The summed E-state index contributed by atoms with van der Waals surface area (Å²) in [5, 5.41) is 76.5. The van der Waals surface area contributed by atoms with Gasteiger partial charge >= 0.3 is 0 Å². The van der Waals surface area contributed by atoms with E-state index in [9.17, 15) is 35.7 Å². The predicted octanol–water partition coefficient (Wildman–Crippen LogP) is -5.40. The lowest BCUT2D eigenvalue weighted by molar-refractivity contribution is -0.355. The lowest BCUT2D eigenvalue weighted by atomic mass is 9.97. The van der Waals surface area contributed by atoms with Crippen LogP contribution in [0.3, 0.4) is 0 Å². The van der Waals surface area contributed by atoms with E-state index in [-0.39, 0.29) is 0 Å². The van der Waals surface area contributed by atoms with E-state index in [2.05, 4.69) is 0 Å². The average molecular weight is 342 g/mol. The lowest BCUT2D eigenvalue weighted by Gasteiger charge is -2.45. The van der Waals surface area contributed by atoms with Crippen LogP contribution in [0.25, 0.3) is 0 Å². The summed E-state index contributed by atoms with van der Waals surface area (Å²) >= 11 is 0. The molecule has 10 atom stereocenters. The van der Waals surface area contributed by atoms with E-state index in [1.807, 2.05) is 0 Å². The third-order valence-corrected chi connectivity index (χ3v) is 3.98. The smallest absolute Gasteiger partial charge is 0.187 e. The summed E-state index contributed by atoms with van der Waals surface area (Å²) in [4.78, 5) is 0. The zero-order chi connectivity index (χ0) is 17.3. The number of ether oxygens (including phenoxy) is 3. The summed E-state index contributed by atoms with van der Waals surface area (Å²) in [7, 11) is 0. The number of rotatable bonds is 4. The van der Waals surface area contributed by atoms with Gasteiger partial charge in [0.1, 0.15) is 48.8 Å². The minimum absolute atomic E-state index is 0.667. The highest BCUT2D eigenvalue weighted by molar-refractivity contribution is 4.93. The highest BCUT2D eigenvalue weighted by Gasteiger charge is 2.50. The minimum atomic E-state index is -1.74. The second-order valence-electron chi connectivity index (χ2n) is 5.53. The van der Waals surface area contributed by atoms with Crippen LogP contribution in [0.5, 0.6) is 0 Å². The van der Waals surface area contributed by atoms with Gasteiger partial charge in [-0.15, -0.1) is 0 Å². The molecule has 0 radical (unpaired) electrons. The maximum atomic E-state index is 9.94. The first-order valence-electron chi connectivity index (χ1n) is 7.08. The Morgan fingerprint density at radius 3 is 1.83 bits per heavy atom. The summed E-state index contributed by atoms with van der Waals surface area (Å²) in [5.41, 5.74) is 0. The zero-order valence-corrected chi connectivity index (χ0v) is 12.0. The van der Waals surface area contributed by atoms with E-state index < -0.39 is 74.6 Å². The predicted molar refractivity (Wildman–Crippen MR) is 68.6 cm³/mol. The van der Waals surface area contributed by atoms with Crippen molar-refractivity contribution in [3.63, 3.8) is 0 Å². The fraction of sp³-hybridized carbons (Fsp3) is 1.00. The largest absolute Gasteiger partial charge is 0.394 e. The molecular weight excluding hydrogens is 320 g/mol. The Morgan fingerprint density at radius 1 is 0.652 bits per heavy atom. The normalized spacial score (nSPS) is 51.7. The van der Waals surface area contributed by atoms with Gasteiger partial charge in [0.2, 0.25) is 0 Å². The number of hydrogen-bond acceptors (Lipinski definition) is 11. The summed E-state index contributed by atoms with van der Waals surface area (Å²) < 4.78 is 15.3. The van der Waals surface area contributed by atoms with Crippen molar-refractivity contribution in [2.75, 3.05) is 13.2 Å². The molecule has 136 valence electrons. The Kier molecular flexibility index (Phi) is 6.27. The molecule has 0 amide bonds. The van der Waals surface area contributed by atoms with E-state index in [4.69, 9.17) is 19.3 Å². The molecule has 0 saturated carbocycles. The number of aliphatic hydroxyl groups is 8. The van der Waals surface area contributed by atoms with Crippen LogP contribution in [-0.4, -0.2) is 115 Å². The first kappa shape index (κ1) is 18.9. The maximum absolute atomic E-state index is 9.94. The van der Waals surface area contributed by atoms with Crippen LogP contribution in [0.1, 0.15) is 0 Å². The van der Waals surface area contributed by atoms with Crippen LogP contribution >= 0.6 is 0 Å². The van der Waals surface area contributed by atoms with Gasteiger partial charge in [0.15, 0.2) is 12.6 Å². The molecule has 2 heterocycles. The SMILES string of the molecule is OC[C@H]1O[C@H](O[C@@H]2[C@@H](O)[C@@H](O)[C@H](O)O[C@@H]2CO)[C@@H](O)[C@@H](O)[C@@H]1O. The summed E-state index contributed by atoms with van der Waals surface area (Å²) in [5.74, 6) is 0. The summed E-state index contributed by atoms with van der Waals surface area (Å²) in [6.45, 7) is -1.35. The van der Waals surface area contributed by atoms with E-state index in [0.29, 0.717) is 0 Å². The van der Waals surface area contributed by atoms with E-state index >= 15 is 0 Å². The fourth-order valence-corrected chi connectivity index (χ4v) is 2.57. The number of aliphatic hydroxyl groups excluding tert-OH is 8. The molecule has 0 spiro atoms. The second-order valence-corrected chi connectivity index (χ2v) is 5.53. The Bertz CT molecular complexity index is 378. The van der Waals surface area contributed by atoms with E-state index in [1.165, 1.54) is 0 Å². The third-order valence-electron chi connectivity index (χ3n) is 3.98. The van der Waals surface area contributed by atoms with Crippen molar-refractivity contribution in [2.24, 2.45) is 0 Å². The standard InChI is InChI=1S/C12H22O11/c13-1-3-5(15)6(16)9(19)12(22-3)23-10-4(2-14)21-11(20)8(18)7(10)17/h3-20H,1-2H2/t3-,4-,5-,6+,7+,8-,9+,10+,11-,12-/m1/s1. The molecular formula is C12H22O11. The van der Waals surface area contributed by atoms with Gasteiger partial charge in [-0.25, -0.2) is 0 Å². The van der Waals surface area contributed by atoms with Gasteiger partial charge in [-0.3, -0.25) is 0 Å². The Labute approximate surface area is 130 Å². The third kappa shape index (κ3) is 3.65. The van der Waals surface area contributed by atoms with Crippen molar-refractivity contribution < 1.29 is 55.1 Å². The molecule has 0 aromatic rings. The Morgan fingerprint density at radius 2 is 1.26 bits per heavy atom. The van der Waals surface area contributed by atoms with Gasteiger partial charge in [-0.05, 0) is 0 Å². The monoisotopic (exact) mass is 342 g/mol. The Balaban J connectivity index is 2.11. The lowest BCUT2D eigenvalue weighted by Crippen LogP contribution is -2.64.